The molecule has 0 amide bonds. The number of aromatic nitrogens is 3. The van der Waals surface area contributed by atoms with Gasteiger partial charge in [-0.2, -0.15) is 5.10 Å². The van der Waals surface area contributed by atoms with Crippen LogP contribution in [0.25, 0.3) is 10.8 Å². The molecule has 1 aliphatic carbocycles. The van der Waals surface area contributed by atoms with Crippen LogP contribution in [0.15, 0.2) is 34.0 Å². The number of ether oxygens (including phenoxy) is 1. The molecule has 0 bridgehead atoms. The van der Waals surface area contributed by atoms with Gasteiger partial charge >= 0.3 is 0 Å². The summed E-state index contributed by atoms with van der Waals surface area (Å²) in [7, 11) is 2.73. The molecule has 1 aliphatic rings. The number of alkyl halides is 2. The van der Waals surface area contributed by atoms with Gasteiger partial charge < -0.3 is 14.6 Å². The third-order valence-corrected chi connectivity index (χ3v) is 5.46. The predicted molar refractivity (Wildman–Crippen MR) is 109 cm³/mol. The topological polar surface area (TPSA) is 78.2 Å². The Kier molecular flexibility index (Phi) is 5.24. The fourth-order valence-corrected chi connectivity index (χ4v) is 3.69. The maximum absolute atomic E-state index is 14.6. The Morgan fingerprint density at radius 1 is 1.19 bits per heavy atom. The Morgan fingerprint density at radius 3 is 2.48 bits per heavy atom. The first-order chi connectivity index (χ1) is 14.7. The molecule has 0 aliphatic heterocycles. The van der Waals surface area contributed by atoms with Gasteiger partial charge in [-0.25, -0.2) is 17.9 Å². The first-order valence-corrected chi connectivity index (χ1v) is 9.77. The van der Waals surface area contributed by atoms with Crippen LogP contribution in [0.1, 0.15) is 49.4 Å². The van der Waals surface area contributed by atoms with Crippen molar-refractivity contribution in [2.24, 2.45) is 7.05 Å². The molecule has 0 spiro atoms. The number of fused-ring (bicyclic) bond motifs is 1. The minimum atomic E-state index is -2.94. The van der Waals surface area contributed by atoms with Crippen LogP contribution in [0.4, 0.5) is 19.0 Å². The van der Waals surface area contributed by atoms with Crippen molar-refractivity contribution in [3.8, 4) is 5.75 Å². The van der Waals surface area contributed by atoms with Gasteiger partial charge in [0.2, 0.25) is 0 Å². The highest BCUT2D eigenvalue weighted by molar-refractivity contribution is 5.94. The summed E-state index contributed by atoms with van der Waals surface area (Å²) in [5.74, 6) is -0.882. The van der Waals surface area contributed by atoms with Gasteiger partial charge in [-0.1, -0.05) is 18.2 Å². The molecule has 2 heterocycles. The quantitative estimate of drug-likeness (QED) is 0.640. The van der Waals surface area contributed by atoms with Gasteiger partial charge in [-0.15, -0.1) is 0 Å². The zero-order valence-electron chi connectivity index (χ0n) is 17.2. The monoisotopic (exact) mass is 434 g/mol. The molecular formula is C21H21F3N4O3. The van der Waals surface area contributed by atoms with E-state index in [0.717, 1.165) is 23.6 Å². The summed E-state index contributed by atoms with van der Waals surface area (Å²) in [5.41, 5.74) is -1.58. The smallest absolute Gasteiger partial charge is 0.294 e. The average molecular weight is 434 g/mol. The second-order valence-corrected chi connectivity index (χ2v) is 7.59. The Morgan fingerprint density at radius 2 is 1.87 bits per heavy atom. The molecule has 0 unspecified atom stereocenters. The van der Waals surface area contributed by atoms with Crippen molar-refractivity contribution in [1.29, 1.82) is 0 Å². The van der Waals surface area contributed by atoms with Gasteiger partial charge in [0.1, 0.15) is 11.2 Å². The van der Waals surface area contributed by atoms with E-state index in [9.17, 15) is 22.8 Å². The summed E-state index contributed by atoms with van der Waals surface area (Å²) >= 11 is 0. The second-order valence-electron chi connectivity index (χ2n) is 7.59. The van der Waals surface area contributed by atoms with Crippen molar-refractivity contribution in [2.45, 2.75) is 38.3 Å². The minimum Gasteiger partial charge on any atom is -0.490 e. The van der Waals surface area contributed by atoms with Gasteiger partial charge in [0.15, 0.2) is 11.6 Å². The molecule has 1 saturated carbocycles. The molecule has 10 heteroatoms. The van der Waals surface area contributed by atoms with E-state index in [2.05, 4.69) is 10.4 Å². The standard InChI is InChI=1S/C21H21F3N4O3/c1-10(12-5-4-6-13(16(12)22)18(23)24)25-19-14-9-28(11-7-8-11)21(30)17(31-3)15(14)20(29)27(2)26-19/h4-6,9-11,18H,7-8H2,1-3H3,(H,25,26)/t10-/m1/s1. The zero-order chi connectivity index (χ0) is 22.4. The lowest BCUT2D eigenvalue weighted by Crippen LogP contribution is -2.28. The Labute approximate surface area is 175 Å². The van der Waals surface area contributed by atoms with E-state index in [1.807, 2.05) is 0 Å². The van der Waals surface area contributed by atoms with Crippen LogP contribution >= 0.6 is 0 Å². The van der Waals surface area contributed by atoms with Crippen molar-refractivity contribution < 1.29 is 17.9 Å². The summed E-state index contributed by atoms with van der Waals surface area (Å²) in [6.45, 7) is 1.60. The van der Waals surface area contributed by atoms with Crippen molar-refractivity contribution in [3.05, 3.63) is 62.0 Å². The van der Waals surface area contributed by atoms with Crippen LogP contribution < -0.4 is 21.2 Å². The molecule has 1 fully saturated rings. The highest BCUT2D eigenvalue weighted by atomic mass is 19.3. The van der Waals surface area contributed by atoms with Crippen LogP contribution in [0.3, 0.4) is 0 Å². The molecule has 1 aromatic carbocycles. The van der Waals surface area contributed by atoms with Gasteiger partial charge in [0.25, 0.3) is 17.5 Å². The number of anilines is 1. The number of rotatable bonds is 6. The second kappa shape index (κ2) is 7.75. The molecule has 1 N–H and O–H groups in total. The first-order valence-electron chi connectivity index (χ1n) is 9.77. The Balaban J connectivity index is 1.88. The normalized spacial score (nSPS) is 14.8. The van der Waals surface area contributed by atoms with Gasteiger partial charge in [-0.3, -0.25) is 9.59 Å². The van der Waals surface area contributed by atoms with Gasteiger partial charge in [0, 0.05) is 24.8 Å². The Bertz CT molecular complexity index is 1280. The number of pyridine rings is 1. The SMILES string of the molecule is COc1c(=O)n(C2CC2)cc2c(N[C@H](C)c3cccc(C(F)F)c3F)nn(C)c(=O)c12. The molecule has 7 nitrogen and oxygen atoms in total. The van der Waals surface area contributed by atoms with E-state index >= 15 is 0 Å². The summed E-state index contributed by atoms with van der Waals surface area (Å²) in [4.78, 5) is 25.5. The lowest BCUT2D eigenvalue weighted by atomic mass is 10.0. The lowest BCUT2D eigenvalue weighted by molar-refractivity contribution is 0.146. The molecule has 3 aromatic rings. The predicted octanol–water partition coefficient (Wildman–Crippen LogP) is 3.69. The van der Waals surface area contributed by atoms with Crippen molar-refractivity contribution in [2.75, 3.05) is 12.4 Å². The third kappa shape index (κ3) is 3.55. The third-order valence-electron chi connectivity index (χ3n) is 5.46. The maximum Gasteiger partial charge on any atom is 0.294 e. The number of hydrogen-bond acceptors (Lipinski definition) is 5. The number of benzene rings is 1. The number of nitrogens with one attached hydrogen (secondary N) is 1. The number of methoxy groups -OCH3 is 1. The molecule has 0 saturated heterocycles. The summed E-state index contributed by atoms with van der Waals surface area (Å²) in [6, 6.07) is 3.07. The van der Waals surface area contributed by atoms with E-state index in [-0.39, 0.29) is 28.6 Å². The minimum absolute atomic E-state index is 0.0142. The van der Waals surface area contributed by atoms with Crippen LogP contribution in [0, 0.1) is 5.82 Å². The number of aryl methyl sites for hydroxylation is 1. The molecule has 164 valence electrons. The highest BCUT2D eigenvalue weighted by Gasteiger charge is 2.29. The van der Waals surface area contributed by atoms with Crippen LogP contribution in [0.5, 0.6) is 5.75 Å². The van der Waals surface area contributed by atoms with E-state index in [1.165, 1.54) is 30.9 Å². The average Bonchev–Trinajstić information content (AvgIpc) is 3.56. The summed E-state index contributed by atoms with van der Waals surface area (Å²) in [5, 5.41) is 7.63. The highest BCUT2D eigenvalue weighted by Crippen LogP contribution is 2.36. The van der Waals surface area contributed by atoms with Crippen LogP contribution in [0.2, 0.25) is 0 Å². The molecule has 0 radical (unpaired) electrons. The van der Waals surface area contributed by atoms with E-state index in [1.54, 1.807) is 13.1 Å². The molecule has 2 aromatic heterocycles. The molecular weight excluding hydrogens is 413 g/mol. The Hall–Kier alpha value is -3.30. The van der Waals surface area contributed by atoms with Crippen LogP contribution in [-0.2, 0) is 7.05 Å². The summed E-state index contributed by atoms with van der Waals surface area (Å²) < 4.78 is 48.6. The van der Waals surface area contributed by atoms with Gasteiger partial charge in [-0.05, 0) is 19.8 Å². The van der Waals surface area contributed by atoms with E-state index < -0.39 is 35.0 Å². The van der Waals surface area contributed by atoms with Crippen LogP contribution in [-0.4, -0.2) is 21.5 Å². The summed E-state index contributed by atoms with van der Waals surface area (Å²) in [6.07, 6.45) is 0.267. The molecule has 31 heavy (non-hydrogen) atoms. The number of halogens is 3. The van der Waals surface area contributed by atoms with E-state index in [4.69, 9.17) is 4.74 Å². The van der Waals surface area contributed by atoms with Crippen molar-refractivity contribution in [1.82, 2.24) is 14.3 Å². The molecule has 4 rings (SSSR count). The van der Waals surface area contributed by atoms with Crippen molar-refractivity contribution >= 4 is 16.6 Å². The van der Waals surface area contributed by atoms with E-state index in [0.29, 0.717) is 5.39 Å². The first kappa shape index (κ1) is 21.0. The molecule has 1 atom stereocenters. The fraction of sp³-hybridized carbons (Fsp3) is 0.381. The number of nitrogens with zero attached hydrogens (tertiary/aromatic N) is 3. The fourth-order valence-electron chi connectivity index (χ4n) is 3.69. The maximum atomic E-state index is 14.6. The van der Waals surface area contributed by atoms with Crippen molar-refractivity contribution in [3.63, 3.8) is 0 Å². The van der Waals surface area contributed by atoms with Gasteiger partial charge in [0.05, 0.1) is 24.1 Å². The largest absolute Gasteiger partial charge is 0.490 e. The lowest BCUT2D eigenvalue weighted by Gasteiger charge is -2.20. The number of hydrogen-bond donors (Lipinski definition) is 1. The zero-order valence-corrected chi connectivity index (χ0v) is 17.2.